The summed E-state index contributed by atoms with van der Waals surface area (Å²) in [6.45, 7) is 2.91. The van der Waals surface area contributed by atoms with Crippen molar-refractivity contribution in [1.29, 1.82) is 0 Å². The van der Waals surface area contributed by atoms with Crippen LogP contribution in [-0.4, -0.2) is 19.8 Å². The van der Waals surface area contributed by atoms with Crippen LogP contribution in [-0.2, 0) is 11.2 Å². The van der Waals surface area contributed by atoms with Crippen molar-refractivity contribution < 1.29 is 4.74 Å². The van der Waals surface area contributed by atoms with Gasteiger partial charge in [0.1, 0.15) is 0 Å². The summed E-state index contributed by atoms with van der Waals surface area (Å²) in [4.78, 5) is 0. The number of rotatable bonds is 6. The molecule has 0 heterocycles. The van der Waals surface area contributed by atoms with Gasteiger partial charge in [-0.25, -0.2) is 0 Å². The third-order valence-corrected chi connectivity index (χ3v) is 2.54. The third-order valence-electron chi connectivity index (χ3n) is 2.54. The van der Waals surface area contributed by atoms with Gasteiger partial charge in [0.15, 0.2) is 0 Å². The van der Waals surface area contributed by atoms with Crippen LogP contribution in [0.3, 0.4) is 0 Å². The highest BCUT2D eigenvalue weighted by Gasteiger charge is 2.03. The highest BCUT2D eigenvalue weighted by Crippen LogP contribution is 2.07. The zero-order valence-electron chi connectivity index (χ0n) is 9.70. The number of nitrogens with two attached hydrogens (primary N) is 1. The molecule has 0 aliphatic rings. The first-order valence-corrected chi connectivity index (χ1v) is 5.52. The minimum Gasteiger partial charge on any atom is -0.385 e. The summed E-state index contributed by atoms with van der Waals surface area (Å²) in [6.07, 6.45) is 3.04. The zero-order chi connectivity index (χ0) is 11.1. The minimum atomic E-state index is 0.253. The first kappa shape index (κ1) is 12.2. The summed E-state index contributed by atoms with van der Waals surface area (Å²) >= 11 is 0. The first-order chi connectivity index (χ1) is 7.22. The Hall–Kier alpha value is -0.860. The Morgan fingerprint density at radius 1 is 1.27 bits per heavy atom. The zero-order valence-corrected chi connectivity index (χ0v) is 9.70. The number of aryl methyl sites for hydroxylation is 1. The first-order valence-electron chi connectivity index (χ1n) is 5.52. The van der Waals surface area contributed by atoms with Gasteiger partial charge in [-0.05, 0) is 31.7 Å². The fourth-order valence-corrected chi connectivity index (χ4v) is 1.62. The number of hydrogen-bond donors (Lipinski definition) is 1. The Morgan fingerprint density at radius 2 is 1.93 bits per heavy atom. The molecule has 0 saturated heterocycles. The molecule has 84 valence electrons. The fraction of sp³-hybridized carbons (Fsp3) is 0.538. The van der Waals surface area contributed by atoms with Crippen molar-refractivity contribution in [1.82, 2.24) is 0 Å². The molecule has 0 aliphatic heterocycles. The molecule has 0 bridgehead atoms. The molecule has 0 aromatic heterocycles. The van der Waals surface area contributed by atoms with Crippen molar-refractivity contribution in [3.8, 4) is 0 Å². The standard InChI is InChI=1S/C13H21NO/c1-11-5-7-12(8-6-11)10-13(14)4-3-9-15-2/h5-8,13H,3-4,9-10,14H2,1-2H3. The van der Waals surface area contributed by atoms with Crippen LogP contribution in [0.25, 0.3) is 0 Å². The van der Waals surface area contributed by atoms with Gasteiger partial charge in [0.25, 0.3) is 0 Å². The van der Waals surface area contributed by atoms with Gasteiger partial charge in [-0.3, -0.25) is 0 Å². The van der Waals surface area contributed by atoms with E-state index in [-0.39, 0.29) is 6.04 Å². The Morgan fingerprint density at radius 3 is 2.53 bits per heavy atom. The molecule has 0 amide bonds. The van der Waals surface area contributed by atoms with E-state index in [4.69, 9.17) is 10.5 Å². The van der Waals surface area contributed by atoms with Crippen LogP contribution >= 0.6 is 0 Å². The molecule has 0 saturated carbocycles. The third kappa shape index (κ3) is 4.96. The lowest BCUT2D eigenvalue weighted by molar-refractivity contribution is 0.190. The quantitative estimate of drug-likeness (QED) is 0.726. The van der Waals surface area contributed by atoms with Crippen molar-refractivity contribution in [2.24, 2.45) is 5.73 Å². The van der Waals surface area contributed by atoms with E-state index in [1.54, 1.807) is 7.11 Å². The molecule has 0 spiro atoms. The Bertz CT molecular complexity index is 268. The summed E-state index contributed by atoms with van der Waals surface area (Å²) in [6, 6.07) is 8.84. The molecule has 1 unspecified atom stereocenters. The van der Waals surface area contributed by atoms with Crippen LogP contribution in [0.15, 0.2) is 24.3 Å². The molecular weight excluding hydrogens is 186 g/mol. The average molecular weight is 207 g/mol. The van der Waals surface area contributed by atoms with E-state index in [0.717, 1.165) is 25.9 Å². The van der Waals surface area contributed by atoms with Crippen molar-refractivity contribution in [2.75, 3.05) is 13.7 Å². The van der Waals surface area contributed by atoms with E-state index < -0.39 is 0 Å². The lowest BCUT2D eigenvalue weighted by Crippen LogP contribution is -2.23. The molecule has 0 radical (unpaired) electrons. The van der Waals surface area contributed by atoms with Crippen molar-refractivity contribution >= 4 is 0 Å². The topological polar surface area (TPSA) is 35.2 Å². The van der Waals surface area contributed by atoms with E-state index in [1.165, 1.54) is 11.1 Å². The predicted octanol–water partition coefficient (Wildman–Crippen LogP) is 2.29. The Kier molecular flexibility index (Phi) is 5.37. The lowest BCUT2D eigenvalue weighted by Gasteiger charge is -2.11. The van der Waals surface area contributed by atoms with Crippen LogP contribution in [0.4, 0.5) is 0 Å². The van der Waals surface area contributed by atoms with Gasteiger partial charge >= 0.3 is 0 Å². The second kappa shape index (κ2) is 6.59. The number of ether oxygens (including phenoxy) is 1. The molecule has 0 aliphatic carbocycles. The van der Waals surface area contributed by atoms with Crippen molar-refractivity contribution in [2.45, 2.75) is 32.2 Å². The summed E-state index contributed by atoms with van der Waals surface area (Å²) < 4.78 is 5.00. The highest BCUT2D eigenvalue weighted by molar-refractivity contribution is 5.21. The van der Waals surface area contributed by atoms with Crippen LogP contribution in [0.1, 0.15) is 24.0 Å². The summed E-state index contributed by atoms with van der Waals surface area (Å²) in [7, 11) is 1.73. The minimum absolute atomic E-state index is 0.253. The number of hydrogen-bond acceptors (Lipinski definition) is 2. The second-order valence-corrected chi connectivity index (χ2v) is 4.08. The smallest absolute Gasteiger partial charge is 0.0462 e. The molecule has 2 heteroatoms. The van der Waals surface area contributed by atoms with Gasteiger partial charge in [0, 0.05) is 19.8 Å². The molecule has 2 nitrogen and oxygen atoms in total. The number of benzene rings is 1. The average Bonchev–Trinajstić information content (AvgIpc) is 2.22. The van der Waals surface area contributed by atoms with Gasteiger partial charge in [0.2, 0.25) is 0 Å². The van der Waals surface area contributed by atoms with Crippen molar-refractivity contribution in [3.05, 3.63) is 35.4 Å². The second-order valence-electron chi connectivity index (χ2n) is 4.08. The normalized spacial score (nSPS) is 12.7. The van der Waals surface area contributed by atoms with Gasteiger partial charge in [-0.15, -0.1) is 0 Å². The van der Waals surface area contributed by atoms with Crippen LogP contribution in [0.2, 0.25) is 0 Å². The summed E-state index contributed by atoms with van der Waals surface area (Å²) in [5, 5.41) is 0. The van der Waals surface area contributed by atoms with E-state index in [2.05, 4.69) is 31.2 Å². The maximum Gasteiger partial charge on any atom is 0.0462 e. The van der Waals surface area contributed by atoms with Gasteiger partial charge < -0.3 is 10.5 Å². The van der Waals surface area contributed by atoms with Crippen molar-refractivity contribution in [3.63, 3.8) is 0 Å². The largest absolute Gasteiger partial charge is 0.385 e. The molecule has 1 rings (SSSR count). The van der Waals surface area contributed by atoms with E-state index >= 15 is 0 Å². The van der Waals surface area contributed by atoms with E-state index in [9.17, 15) is 0 Å². The number of methoxy groups -OCH3 is 1. The van der Waals surface area contributed by atoms with Gasteiger partial charge in [-0.1, -0.05) is 29.8 Å². The van der Waals surface area contributed by atoms with Gasteiger partial charge in [0.05, 0.1) is 0 Å². The Labute approximate surface area is 92.4 Å². The monoisotopic (exact) mass is 207 g/mol. The van der Waals surface area contributed by atoms with E-state index in [1.807, 2.05) is 0 Å². The molecule has 1 aromatic carbocycles. The van der Waals surface area contributed by atoms with Crippen LogP contribution in [0.5, 0.6) is 0 Å². The maximum absolute atomic E-state index is 6.03. The van der Waals surface area contributed by atoms with Crippen LogP contribution < -0.4 is 5.73 Å². The molecule has 1 aromatic rings. The predicted molar refractivity (Wildman–Crippen MR) is 64.0 cm³/mol. The summed E-state index contributed by atoms with van der Waals surface area (Å²) in [5.74, 6) is 0. The van der Waals surface area contributed by atoms with Gasteiger partial charge in [-0.2, -0.15) is 0 Å². The Balaban J connectivity index is 2.31. The maximum atomic E-state index is 6.03. The molecule has 15 heavy (non-hydrogen) atoms. The molecule has 0 fully saturated rings. The molecular formula is C13H21NO. The van der Waals surface area contributed by atoms with Crippen LogP contribution in [0, 0.1) is 6.92 Å². The molecule has 2 N–H and O–H groups in total. The summed E-state index contributed by atoms with van der Waals surface area (Å²) in [5.41, 5.74) is 8.65. The molecule has 1 atom stereocenters. The highest BCUT2D eigenvalue weighted by atomic mass is 16.5. The fourth-order valence-electron chi connectivity index (χ4n) is 1.62. The SMILES string of the molecule is COCCCC(N)Cc1ccc(C)cc1. The van der Waals surface area contributed by atoms with E-state index in [0.29, 0.717) is 0 Å². The lowest BCUT2D eigenvalue weighted by atomic mass is 10.0.